The van der Waals surface area contributed by atoms with Gasteiger partial charge < -0.3 is 4.57 Å². The lowest BCUT2D eigenvalue weighted by Crippen LogP contribution is -2.15. The molecular formula is C17H18F3NO. The summed E-state index contributed by atoms with van der Waals surface area (Å²) in [5.41, 5.74) is 0.312. The van der Waals surface area contributed by atoms with E-state index in [0.29, 0.717) is 23.1 Å². The van der Waals surface area contributed by atoms with Crippen molar-refractivity contribution < 1.29 is 13.2 Å². The Kier molecular flexibility index (Phi) is 4.74. The predicted octanol–water partition coefficient (Wildman–Crippen LogP) is 4.41. The van der Waals surface area contributed by atoms with E-state index in [1.807, 2.05) is 6.92 Å². The van der Waals surface area contributed by atoms with Crippen LogP contribution >= 0.6 is 0 Å². The Bertz CT molecular complexity index is 717. The third-order valence-electron chi connectivity index (χ3n) is 3.53. The average Bonchev–Trinajstić information content (AvgIpc) is 2.47. The Balaban J connectivity index is 2.53. The SMILES string of the molecule is CCCCc1cn(C)cc(-c2cccc(C(F)(F)F)c2)c1=O. The first-order valence-corrected chi connectivity index (χ1v) is 7.19. The molecule has 0 N–H and O–H groups in total. The first kappa shape index (κ1) is 16.3. The van der Waals surface area contributed by atoms with Crippen LogP contribution in [-0.2, 0) is 19.6 Å². The van der Waals surface area contributed by atoms with E-state index in [2.05, 4.69) is 0 Å². The summed E-state index contributed by atoms with van der Waals surface area (Å²) >= 11 is 0. The third kappa shape index (κ3) is 3.59. The van der Waals surface area contributed by atoms with Gasteiger partial charge in [0.05, 0.1) is 5.56 Å². The minimum atomic E-state index is -4.42. The highest BCUT2D eigenvalue weighted by molar-refractivity contribution is 5.64. The highest BCUT2D eigenvalue weighted by Crippen LogP contribution is 2.31. The van der Waals surface area contributed by atoms with Crippen LogP contribution in [0.5, 0.6) is 0 Å². The minimum Gasteiger partial charge on any atom is -0.356 e. The molecule has 0 aliphatic rings. The summed E-state index contributed by atoms with van der Waals surface area (Å²) in [6.45, 7) is 2.03. The van der Waals surface area contributed by atoms with E-state index in [-0.39, 0.29) is 5.43 Å². The van der Waals surface area contributed by atoms with Gasteiger partial charge in [-0.2, -0.15) is 13.2 Å². The van der Waals surface area contributed by atoms with Crippen molar-refractivity contribution in [1.29, 1.82) is 0 Å². The fourth-order valence-electron chi connectivity index (χ4n) is 2.39. The smallest absolute Gasteiger partial charge is 0.356 e. The Morgan fingerprint density at radius 1 is 1.18 bits per heavy atom. The molecule has 5 heteroatoms. The van der Waals surface area contributed by atoms with E-state index in [1.54, 1.807) is 24.0 Å². The maximum absolute atomic E-state index is 12.8. The van der Waals surface area contributed by atoms with Gasteiger partial charge in [0.25, 0.3) is 0 Å². The van der Waals surface area contributed by atoms with E-state index >= 15 is 0 Å². The van der Waals surface area contributed by atoms with Crippen LogP contribution < -0.4 is 5.43 Å². The summed E-state index contributed by atoms with van der Waals surface area (Å²) in [6, 6.07) is 4.90. The van der Waals surface area contributed by atoms with Crippen molar-refractivity contribution in [3.63, 3.8) is 0 Å². The van der Waals surface area contributed by atoms with E-state index in [4.69, 9.17) is 0 Å². The number of unbranched alkanes of at least 4 members (excludes halogenated alkanes) is 1. The summed E-state index contributed by atoms with van der Waals surface area (Å²) in [6.07, 6.45) is 1.37. The molecule has 2 nitrogen and oxygen atoms in total. The Hall–Kier alpha value is -2.04. The first-order chi connectivity index (χ1) is 10.3. The molecule has 118 valence electrons. The van der Waals surface area contributed by atoms with Crippen molar-refractivity contribution in [3.8, 4) is 11.1 Å². The normalized spacial score (nSPS) is 11.7. The molecule has 0 radical (unpaired) electrons. The molecule has 0 saturated heterocycles. The first-order valence-electron chi connectivity index (χ1n) is 7.19. The molecule has 2 aromatic rings. The van der Waals surface area contributed by atoms with Gasteiger partial charge in [0, 0.05) is 30.6 Å². The second kappa shape index (κ2) is 6.38. The zero-order chi connectivity index (χ0) is 16.3. The van der Waals surface area contributed by atoms with Crippen molar-refractivity contribution in [1.82, 2.24) is 4.57 Å². The van der Waals surface area contributed by atoms with Crippen LogP contribution in [0.2, 0.25) is 0 Å². The van der Waals surface area contributed by atoms with Crippen LogP contribution in [0, 0.1) is 0 Å². The van der Waals surface area contributed by atoms with Crippen molar-refractivity contribution in [2.45, 2.75) is 32.4 Å². The van der Waals surface area contributed by atoms with Gasteiger partial charge in [0.2, 0.25) is 0 Å². The lowest BCUT2D eigenvalue weighted by molar-refractivity contribution is -0.137. The molecule has 0 bridgehead atoms. The Labute approximate surface area is 127 Å². The van der Waals surface area contributed by atoms with Crippen molar-refractivity contribution in [2.75, 3.05) is 0 Å². The predicted molar refractivity (Wildman–Crippen MR) is 80.7 cm³/mol. The number of aryl methyl sites for hydroxylation is 2. The largest absolute Gasteiger partial charge is 0.416 e. The van der Waals surface area contributed by atoms with Crippen molar-refractivity contribution in [2.24, 2.45) is 7.05 Å². The molecule has 1 aromatic carbocycles. The van der Waals surface area contributed by atoms with Crippen LogP contribution in [0.4, 0.5) is 13.2 Å². The zero-order valence-corrected chi connectivity index (χ0v) is 12.6. The summed E-state index contributed by atoms with van der Waals surface area (Å²) in [5.74, 6) is 0. The van der Waals surface area contributed by atoms with E-state index in [0.717, 1.165) is 25.0 Å². The van der Waals surface area contributed by atoms with Crippen molar-refractivity contribution >= 4 is 0 Å². The molecule has 0 aliphatic heterocycles. The Morgan fingerprint density at radius 3 is 2.55 bits per heavy atom. The third-order valence-corrected chi connectivity index (χ3v) is 3.53. The highest BCUT2D eigenvalue weighted by Gasteiger charge is 2.30. The number of pyridine rings is 1. The summed E-state index contributed by atoms with van der Waals surface area (Å²) in [5, 5.41) is 0. The molecule has 0 unspecified atom stereocenters. The fraction of sp³-hybridized carbons (Fsp3) is 0.353. The standard InChI is InChI=1S/C17H18F3NO/c1-3-4-6-13-10-21(2)11-15(16(13)22)12-7-5-8-14(9-12)17(18,19)20/h5,7-11H,3-4,6H2,1-2H3. The second-order valence-electron chi connectivity index (χ2n) is 5.37. The maximum Gasteiger partial charge on any atom is 0.416 e. The average molecular weight is 309 g/mol. The molecule has 1 aromatic heterocycles. The quantitative estimate of drug-likeness (QED) is 0.820. The molecule has 0 aliphatic carbocycles. The number of hydrogen-bond donors (Lipinski definition) is 0. The molecule has 22 heavy (non-hydrogen) atoms. The van der Waals surface area contributed by atoms with Crippen LogP contribution in [-0.4, -0.2) is 4.57 Å². The summed E-state index contributed by atoms with van der Waals surface area (Å²) in [4.78, 5) is 12.5. The van der Waals surface area contributed by atoms with Gasteiger partial charge in [-0.3, -0.25) is 4.79 Å². The maximum atomic E-state index is 12.8. The molecular weight excluding hydrogens is 291 g/mol. The monoisotopic (exact) mass is 309 g/mol. The number of benzene rings is 1. The van der Waals surface area contributed by atoms with Gasteiger partial charge in [-0.05, 0) is 30.5 Å². The molecule has 0 saturated carbocycles. The van der Waals surface area contributed by atoms with Gasteiger partial charge in [0.15, 0.2) is 5.43 Å². The second-order valence-corrected chi connectivity index (χ2v) is 5.37. The van der Waals surface area contributed by atoms with Gasteiger partial charge >= 0.3 is 6.18 Å². The Morgan fingerprint density at radius 2 is 1.91 bits per heavy atom. The van der Waals surface area contributed by atoms with Gasteiger partial charge in [-0.1, -0.05) is 25.5 Å². The molecule has 2 rings (SSSR count). The lowest BCUT2D eigenvalue weighted by atomic mass is 10.0. The van der Waals surface area contributed by atoms with Crippen LogP contribution in [0.15, 0.2) is 41.5 Å². The van der Waals surface area contributed by atoms with E-state index in [9.17, 15) is 18.0 Å². The molecule has 1 heterocycles. The number of nitrogens with zero attached hydrogens (tertiary/aromatic N) is 1. The van der Waals surface area contributed by atoms with Crippen LogP contribution in [0.1, 0.15) is 30.9 Å². The number of hydrogen-bond acceptors (Lipinski definition) is 1. The van der Waals surface area contributed by atoms with Gasteiger partial charge in [-0.15, -0.1) is 0 Å². The van der Waals surface area contributed by atoms with Crippen LogP contribution in [0.25, 0.3) is 11.1 Å². The number of alkyl halides is 3. The molecule has 0 fully saturated rings. The molecule has 0 atom stereocenters. The number of halogens is 3. The summed E-state index contributed by atoms with van der Waals surface area (Å²) < 4.78 is 40.2. The summed E-state index contributed by atoms with van der Waals surface area (Å²) in [7, 11) is 1.77. The van der Waals surface area contributed by atoms with Crippen LogP contribution in [0.3, 0.4) is 0 Å². The zero-order valence-electron chi connectivity index (χ0n) is 12.6. The molecule has 0 amide bonds. The highest BCUT2D eigenvalue weighted by atomic mass is 19.4. The van der Waals surface area contributed by atoms with Gasteiger partial charge in [-0.25, -0.2) is 0 Å². The lowest BCUT2D eigenvalue weighted by Gasteiger charge is -2.11. The van der Waals surface area contributed by atoms with E-state index in [1.165, 1.54) is 12.1 Å². The topological polar surface area (TPSA) is 22.0 Å². The fourth-order valence-corrected chi connectivity index (χ4v) is 2.39. The number of aromatic nitrogens is 1. The van der Waals surface area contributed by atoms with Crippen molar-refractivity contribution in [3.05, 3.63) is 58.0 Å². The minimum absolute atomic E-state index is 0.189. The van der Waals surface area contributed by atoms with Gasteiger partial charge in [0.1, 0.15) is 0 Å². The van der Waals surface area contributed by atoms with E-state index < -0.39 is 11.7 Å². The molecule has 0 spiro atoms. The number of rotatable bonds is 4.